The van der Waals surface area contributed by atoms with Crippen LogP contribution >= 0.6 is 0 Å². The standard InChI is InChI=1S/C18H23N5O/c1-22-7-8-23(13-16(12-22)17(19)24)11-14-9-20-18(21-10-14)15-5-3-2-4-6-15/h2-6,9-10,16H,7-8,11-13H2,1H3,(H2,19,24)/t16-/m0/s1. The molecule has 1 aliphatic heterocycles. The van der Waals surface area contributed by atoms with Gasteiger partial charge in [-0.1, -0.05) is 30.3 Å². The van der Waals surface area contributed by atoms with Gasteiger partial charge < -0.3 is 10.6 Å². The summed E-state index contributed by atoms with van der Waals surface area (Å²) in [5.74, 6) is 0.358. The second kappa shape index (κ2) is 7.51. The van der Waals surface area contributed by atoms with Crippen molar-refractivity contribution >= 4 is 5.91 Å². The Labute approximate surface area is 142 Å². The molecule has 1 saturated heterocycles. The second-order valence-corrected chi connectivity index (χ2v) is 6.38. The van der Waals surface area contributed by atoms with Crippen molar-refractivity contribution < 1.29 is 4.79 Å². The minimum Gasteiger partial charge on any atom is -0.369 e. The highest BCUT2D eigenvalue weighted by atomic mass is 16.1. The maximum absolute atomic E-state index is 11.6. The van der Waals surface area contributed by atoms with E-state index in [-0.39, 0.29) is 11.8 Å². The molecule has 1 atom stereocenters. The Bertz CT molecular complexity index is 674. The molecule has 0 bridgehead atoms. The molecular formula is C18H23N5O. The van der Waals surface area contributed by atoms with Crippen molar-refractivity contribution in [2.45, 2.75) is 6.54 Å². The number of hydrogen-bond acceptors (Lipinski definition) is 5. The average molecular weight is 325 g/mol. The first kappa shape index (κ1) is 16.5. The van der Waals surface area contributed by atoms with Crippen LogP contribution in [0.2, 0.25) is 0 Å². The van der Waals surface area contributed by atoms with Crippen molar-refractivity contribution in [1.82, 2.24) is 19.8 Å². The van der Waals surface area contributed by atoms with Gasteiger partial charge in [0.2, 0.25) is 5.91 Å². The minimum atomic E-state index is -0.232. The van der Waals surface area contributed by atoms with E-state index in [4.69, 9.17) is 5.73 Å². The van der Waals surface area contributed by atoms with Gasteiger partial charge in [0.1, 0.15) is 0 Å². The Kier molecular flexibility index (Phi) is 5.17. The van der Waals surface area contributed by atoms with E-state index in [0.29, 0.717) is 6.54 Å². The van der Waals surface area contributed by atoms with Gasteiger partial charge in [0.05, 0.1) is 5.92 Å². The lowest BCUT2D eigenvalue weighted by atomic mass is 10.1. The number of aromatic nitrogens is 2. The number of nitrogens with two attached hydrogens (primary N) is 1. The summed E-state index contributed by atoms with van der Waals surface area (Å²) in [5.41, 5.74) is 7.57. The summed E-state index contributed by atoms with van der Waals surface area (Å²) in [7, 11) is 2.03. The molecule has 1 aliphatic rings. The average Bonchev–Trinajstić information content (AvgIpc) is 2.78. The number of rotatable bonds is 4. The Morgan fingerprint density at radius 3 is 2.54 bits per heavy atom. The number of amides is 1. The van der Waals surface area contributed by atoms with E-state index >= 15 is 0 Å². The van der Waals surface area contributed by atoms with Crippen LogP contribution in [0.4, 0.5) is 0 Å². The first-order chi connectivity index (χ1) is 11.6. The fraction of sp³-hybridized carbons (Fsp3) is 0.389. The molecule has 3 rings (SSSR count). The van der Waals surface area contributed by atoms with Crippen molar-refractivity contribution in [1.29, 1.82) is 0 Å². The van der Waals surface area contributed by atoms with Gasteiger partial charge >= 0.3 is 0 Å². The van der Waals surface area contributed by atoms with Gasteiger partial charge in [-0.2, -0.15) is 0 Å². The third kappa shape index (κ3) is 4.15. The third-order valence-corrected chi connectivity index (χ3v) is 4.35. The van der Waals surface area contributed by atoms with E-state index in [1.807, 2.05) is 49.8 Å². The molecule has 2 N–H and O–H groups in total. The van der Waals surface area contributed by atoms with E-state index in [9.17, 15) is 4.79 Å². The van der Waals surface area contributed by atoms with E-state index in [1.54, 1.807) is 0 Å². The van der Waals surface area contributed by atoms with E-state index in [0.717, 1.165) is 43.1 Å². The number of likely N-dealkylation sites (N-methyl/N-ethyl adjacent to an activating group) is 1. The molecule has 0 radical (unpaired) electrons. The Balaban J connectivity index is 1.68. The minimum absolute atomic E-state index is 0.137. The SMILES string of the molecule is CN1CCN(Cc2cnc(-c3ccccc3)nc2)C[C@@H](C(N)=O)C1. The van der Waals surface area contributed by atoms with Crippen molar-refractivity contribution in [2.75, 3.05) is 33.2 Å². The van der Waals surface area contributed by atoms with Gasteiger partial charge in [0.25, 0.3) is 0 Å². The molecule has 1 aromatic heterocycles. The fourth-order valence-electron chi connectivity index (χ4n) is 2.99. The van der Waals surface area contributed by atoms with Crippen LogP contribution in [0.1, 0.15) is 5.56 Å². The fourth-order valence-corrected chi connectivity index (χ4v) is 2.99. The number of carbonyl (C=O) groups is 1. The van der Waals surface area contributed by atoms with E-state index in [2.05, 4.69) is 19.8 Å². The molecule has 1 aromatic carbocycles. The maximum Gasteiger partial charge on any atom is 0.223 e. The zero-order valence-electron chi connectivity index (χ0n) is 13.9. The van der Waals surface area contributed by atoms with Crippen LogP contribution in [-0.4, -0.2) is 58.9 Å². The number of nitrogens with zero attached hydrogens (tertiary/aromatic N) is 4. The van der Waals surface area contributed by atoms with Crippen LogP contribution in [0, 0.1) is 5.92 Å². The second-order valence-electron chi connectivity index (χ2n) is 6.38. The Morgan fingerprint density at radius 2 is 1.88 bits per heavy atom. The monoisotopic (exact) mass is 325 g/mol. The number of carbonyl (C=O) groups excluding carboxylic acids is 1. The smallest absolute Gasteiger partial charge is 0.223 e. The number of primary amides is 1. The first-order valence-corrected chi connectivity index (χ1v) is 8.18. The molecule has 0 aliphatic carbocycles. The summed E-state index contributed by atoms with van der Waals surface area (Å²) in [6, 6.07) is 9.92. The van der Waals surface area contributed by atoms with Gasteiger partial charge in [-0.15, -0.1) is 0 Å². The van der Waals surface area contributed by atoms with Crippen LogP contribution in [0.3, 0.4) is 0 Å². The van der Waals surface area contributed by atoms with Crippen LogP contribution in [0.25, 0.3) is 11.4 Å². The lowest BCUT2D eigenvalue weighted by Crippen LogP contribution is -2.37. The predicted octanol–water partition coefficient (Wildman–Crippen LogP) is 0.992. The van der Waals surface area contributed by atoms with Gasteiger partial charge in [-0.3, -0.25) is 9.69 Å². The number of hydrogen-bond donors (Lipinski definition) is 1. The first-order valence-electron chi connectivity index (χ1n) is 8.18. The highest BCUT2D eigenvalue weighted by Gasteiger charge is 2.24. The van der Waals surface area contributed by atoms with Gasteiger partial charge in [-0.25, -0.2) is 9.97 Å². The maximum atomic E-state index is 11.6. The zero-order chi connectivity index (χ0) is 16.9. The van der Waals surface area contributed by atoms with Crippen LogP contribution in [0.15, 0.2) is 42.7 Å². The predicted molar refractivity (Wildman–Crippen MR) is 92.9 cm³/mol. The van der Waals surface area contributed by atoms with Crippen molar-refractivity contribution in [3.05, 3.63) is 48.3 Å². The molecule has 1 amide bonds. The summed E-state index contributed by atoms with van der Waals surface area (Å²) in [6.45, 7) is 3.95. The molecule has 2 heterocycles. The van der Waals surface area contributed by atoms with Crippen molar-refractivity contribution in [3.63, 3.8) is 0 Å². The summed E-state index contributed by atoms with van der Waals surface area (Å²) in [5, 5.41) is 0. The van der Waals surface area contributed by atoms with Crippen molar-refractivity contribution in [3.8, 4) is 11.4 Å². The summed E-state index contributed by atoms with van der Waals surface area (Å²) in [6.07, 6.45) is 3.73. The van der Waals surface area contributed by atoms with Crippen LogP contribution in [-0.2, 0) is 11.3 Å². The van der Waals surface area contributed by atoms with E-state index < -0.39 is 0 Å². The van der Waals surface area contributed by atoms with Crippen molar-refractivity contribution in [2.24, 2.45) is 11.7 Å². The molecule has 126 valence electrons. The number of benzene rings is 1. The highest BCUT2D eigenvalue weighted by Crippen LogP contribution is 2.15. The lowest BCUT2D eigenvalue weighted by molar-refractivity contribution is -0.122. The molecule has 24 heavy (non-hydrogen) atoms. The molecule has 6 heteroatoms. The van der Waals surface area contributed by atoms with Crippen LogP contribution in [0.5, 0.6) is 0 Å². The summed E-state index contributed by atoms with van der Waals surface area (Å²) >= 11 is 0. The molecule has 1 fully saturated rings. The normalized spacial score (nSPS) is 19.8. The molecular weight excluding hydrogens is 302 g/mol. The molecule has 0 spiro atoms. The molecule has 6 nitrogen and oxygen atoms in total. The zero-order valence-corrected chi connectivity index (χ0v) is 13.9. The lowest BCUT2D eigenvalue weighted by Gasteiger charge is -2.22. The summed E-state index contributed by atoms with van der Waals surface area (Å²) < 4.78 is 0. The van der Waals surface area contributed by atoms with Gasteiger partial charge in [0, 0.05) is 56.2 Å². The van der Waals surface area contributed by atoms with E-state index in [1.165, 1.54) is 0 Å². The quantitative estimate of drug-likeness (QED) is 0.907. The largest absolute Gasteiger partial charge is 0.369 e. The Hall–Kier alpha value is -2.31. The Morgan fingerprint density at radius 1 is 1.17 bits per heavy atom. The summed E-state index contributed by atoms with van der Waals surface area (Å²) in [4.78, 5) is 24.9. The topological polar surface area (TPSA) is 75.3 Å². The highest BCUT2D eigenvalue weighted by molar-refractivity contribution is 5.77. The van der Waals surface area contributed by atoms with Gasteiger partial charge in [-0.05, 0) is 7.05 Å². The third-order valence-electron chi connectivity index (χ3n) is 4.35. The molecule has 0 unspecified atom stereocenters. The van der Waals surface area contributed by atoms with Crippen LogP contribution < -0.4 is 5.73 Å². The molecule has 0 saturated carbocycles. The van der Waals surface area contributed by atoms with Gasteiger partial charge in [0.15, 0.2) is 5.82 Å². The molecule has 2 aromatic rings.